The normalized spacial score (nSPS) is 20.9. The maximum Gasteiger partial charge on any atom is 0.0210 e. The fourth-order valence-corrected chi connectivity index (χ4v) is 6.35. The molecule has 0 aromatic heterocycles. The summed E-state index contributed by atoms with van der Waals surface area (Å²) in [7, 11) is 0. The van der Waals surface area contributed by atoms with Crippen molar-refractivity contribution in [1.82, 2.24) is 0 Å². The molecule has 0 radical (unpaired) electrons. The molecular weight excluding hydrogens is 420 g/mol. The van der Waals surface area contributed by atoms with E-state index in [0.717, 1.165) is 25.7 Å². The molecule has 2 aliphatic rings. The lowest BCUT2D eigenvalue weighted by molar-refractivity contribution is 0.618. The molecule has 0 nitrogen and oxygen atoms in total. The summed E-state index contributed by atoms with van der Waals surface area (Å²) in [5.74, 6) is 0.539. The first-order valence-corrected chi connectivity index (χ1v) is 13.1. The highest BCUT2D eigenvalue weighted by Gasteiger charge is 2.42. The van der Waals surface area contributed by atoms with E-state index in [9.17, 15) is 0 Å². The van der Waals surface area contributed by atoms with Crippen LogP contribution in [0.25, 0.3) is 16.8 Å². The molecule has 0 saturated heterocycles. The van der Waals surface area contributed by atoms with Crippen molar-refractivity contribution >= 4 is 16.8 Å². The average Bonchev–Trinajstić information content (AvgIpc) is 3.17. The van der Waals surface area contributed by atoms with Gasteiger partial charge in [-0.3, -0.25) is 0 Å². The molecule has 2 atom stereocenters. The van der Waals surface area contributed by atoms with E-state index in [1.54, 1.807) is 0 Å². The first kappa shape index (κ1) is 23.4. The molecule has 35 heavy (non-hydrogen) atoms. The van der Waals surface area contributed by atoms with Crippen molar-refractivity contribution in [2.24, 2.45) is 5.92 Å². The average molecular weight is 457 g/mol. The lowest BCUT2D eigenvalue weighted by Crippen LogP contribution is -2.22. The minimum Gasteiger partial charge on any atom is -0.0955 e. The summed E-state index contributed by atoms with van der Waals surface area (Å²) in [5.41, 5.74) is 12.4. The molecule has 0 heterocycles. The van der Waals surface area contributed by atoms with Crippen molar-refractivity contribution in [2.75, 3.05) is 0 Å². The van der Waals surface area contributed by atoms with Gasteiger partial charge in [0.15, 0.2) is 0 Å². The van der Waals surface area contributed by atoms with E-state index in [1.165, 1.54) is 60.9 Å². The minimum atomic E-state index is 0.254. The SMILES string of the molecule is C=C(CCC)C1=C(C)C=C2C/C(=C\c3ccccc3)C(=C)C2C1c1c(CC)ccc2ccccc12. The van der Waals surface area contributed by atoms with Crippen LogP contribution in [0.2, 0.25) is 0 Å². The van der Waals surface area contributed by atoms with Crippen molar-refractivity contribution in [3.8, 4) is 0 Å². The van der Waals surface area contributed by atoms with Crippen LogP contribution in [0.5, 0.6) is 0 Å². The summed E-state index contributed by atoms with van der Waals surface area (Å²) in [5, 5.41) is 2.69. The fraction of sp³-hybridized carbons (Fsp3) is 0.257. The van der Waals surface area contributed by atoms with Gasteiger partial charge in [-0.1, -0.05) is 123 Å². The van der Waals surface area contributed by atoms with Gasteiger partial charge in [-0.05, 0) is 75.9 Å². The molecule has 0 aliphatic heterocycles. The second-order valence-electron chi connectivity index (χ2n) is 10.1. The van der Waals surface area contributed by atoms with Gasteiger partial charge in [0.1, 0.15) is 0 Å². The maximum absolute atomic E-state index is 4.73. The van der Waals surface area contributed by atoms with Crippen molar-refractivity contribution in [3.63, 3.8) is 0 Å². The molecule has 3 aromatic rings. The number of hydrogen-bond acceptors (Lipinski definition) is 0. The number of allylic oxidation sites excluding steroid dienone is 7. The van der Waals surface area contributed by atoms with Gasteiger partial charge in [0, 0.05) is 11.8 Å². The molecule has 2 aliphatic carbocycles. The number of fused-ring (bicyclic) bond motifs is 2. The van der Waals surface area contributed by atoms with Crippen molar-refractivity contribution < 1.29 is 0 Å². The fourth-order valence-electron chi connectivity index (χ4n) is 6.35. The van der Waals surface area contributed by atoms with Crippen LogP contribution < -0.4 is 0 Å². The van der Waals surface area contributed by atoms with Gasteiger partial charge >= 0.3 is 0 Å². The van der Waals surface area contributed by atoms with E-state index >= 15 is 0 Å². The van der Waals surface area contributed by atoms with Gasteiger partial charge < -0.3 is 0 Å². The topological polar surface area (TPSA) is 0 Å². The van der Waals surface area contributed by atoms with E-state index in [2.05, 4.69) is 106 Å². The summed E-state index contributed by atoms with van der Waals surface area (Å²) in [6.45, 7) is 16.2. The molecule has 0 amide bonds. The second-order valence-corrected chi connectivity index (χ2v) is 10.1. The van der Waals surface area contributed by atoms with Crippen LogP contribution in [0.3, 0.4) is 0 Å². The van der Waals surface area contributed by atoms with E-state index < -0.39 is 0 Å². The van der Waals surface area contributed by atoms with E-state index in [4.69, 9.17) is 6.58 Å². The van der Waals surface area contributed by atoms with Gasteiger partial charge in [-0.15, -0.1) is 0 Å². The Labute approximate surface area is 211 Å². The Morgan fingerprint density at radius 1 is 0.943 bits per heavy atom. The lowest BCUT2D eigenvalue weighted by Gasteiger charge is -2.36. The molecule has 0 bridgehead atoms. The molecule has 0 N–H and O–H groups in total. The predicted molar refractivity (Wildman–Crippen MR) is 153 cm³/mol. The molecule has 1 saturated carbocycles. The molecular formula is C35H36. The van der Waals surface area contributed by atoms with E-state index in [-0.39, 0.29) is 11.8 Å². The summed E-state index contributed by atoms with van der Waals surface area (Å²) in [6, 6.07) is 24.2. The van der Waals surface area contributed by atoms with Crippen LogP contribution >= 0.6 is 0 Å². The molecule has 2 unspecified atom stereocenters. The number of hydrogen-bond donors (Lipinski definition) is 0. The predicted octanol–water partition coefficient (Wildman–Crippen LogP) is 9.76. The quantitative estimate of drug-likeness (QED) is 0.346. The molecule has 3 aromatic carbocycles. The number of benzene rings is 3. The molecule has 0 spiro atoms. The van der Waals surface area contributed by atoms with Crippen molar-refractivity contribution in [2.45, 2.75) is 52.4 Å². The second kappa shape index (κ2) is 9.70. The third-order valence-electron chi connectivity index (χ3n) is 7.88. The Hall–Kier alpha value is -3.38. The van der Waals surface area contributed by atoms with Crippen LogP contribution in [-0.2, 0) is 6.42 Å². The Kier molecular flexibility index (Phi) is 6.48. The van der Waals surface area contributed by atoms with Crippen molar-refractivity contribution in [1.29, 1.82) is 0 Å². The van der Waals surface area contributed by atoms with Crippen LogP contribution in [0, 0.1) is 5.92 Å². The van der Waals surface area contributed by atoms with Gasteiger partial charge in [0.05, 0.1) is 0 Å². The largest absolute Gasteiger partial charge is 0.0955 e. The maximum atomic E-state index is 4.73. The monoisotopic (exact) mass is 456 g/mol. The summed E-state index contributed by atoms with van der Waals surface area (Å²) in [4.78, 5) is 0. The van der Waals surface area contributed by atoms with E-state index in [1.807, 2.05) is 0 Å². The molecule has 176 valence electrons. The van der Waals surface area contributed by atoms with Crippen LogP contribution in [0.15, 0.2) is 119 Å². The van der Waals surface area contributed by atoms with Crippen LogP contribution in [0.1, 0.15) is 62.6 Å². The Balaban J connectivity index is 1.73. The third kappa shape index (κ3) is 4.16. The van der Waals surface area contributed by atoms with Gasteiger partial charge in [0.2, 0.25) is 0 Å². The minimum absolute atomic E-state index is 0.254. The highest BCUT2D eigenvalue weighted by molar-refractivity contribution is 5.88. The first-order chi connectivity index (χ1) is 17.0. The Morgan fingerprint density at radius 3 is 2.43 bits per heavy atom. The summed E-state index contributed by atoms with van der Waals surface area (Å²) < 4.78 is 0. The number of aryl methyl sites for hydroxylation is 1. The lowest BCUT2D eigenvalue weighted by atomic mass is 9.67. The summed E-state index contributed by atoms with van der Waals surface area (Å²) >= 11 is 0. The smallest absolute Gasteiger partial charge is 0.0210 e. The molecule has 5 rings (SSSR count). The standard InChI is InChI=1S/C35H36/c1-6-13-23(3)32-24(4)20-30-22-29(21-26-14-9-8-10-15-26)25(5)33(30)35(32)34-27(7-2)18-19-28-16-11-12-17-31(28)34/h8-12,14-21,33,35H,3,5-7,13,22H2,1-2,4H3/b29-21+. The van der Waals surface area contributed by atoms with Crippen LogP contribution in [-0.4, -0.2) is 0 Å². The zero-order valence-electron chi connectivity index (χ0n) is 21.4. The summed E-state index contributed by atoms with van der Waals surface area (Å²) in [6.07, 6.45) is 8.94. The molecule has 0 heteroatoms. The highest BCUT2D eigenvalue weighted by atomic mass is 14.4. The zero-order valence-corrected chi connectivity index (χ0v) is 21.4. The van der Waals surface area contributed by atoms with Crippen LogP contribution in [0.4, 0.5) is 0 Å². The third-order valence-corrected chi connectivity index (χ3v) is 7.88. The Morgan fingerprint density at radius 2 is 1.69 bits per heavy atom. The van der Waals surface area contributed by atoms with Gasteiger partial charge in [-0.2, -0.15) is 0 Å². The zero-order chi connectivity index (χ0) is 24.5. The van der Waals surface area contributed by atoms with Crippen molar-refractivity contribution in [3.05, 3.63) is 136 Å². The van der Waals surface area contributed by atoms with Gasteiger partial charge in [-0.25, -0.2) is 0 Å². The van der Waals surface area contributed by atoms with E-state index in [0.29, 0.717) is 0 Å². The Bertz CT molecular complexity index is 1390. The van der Waals surface area contributed by atoms with Gasteiger partial charge in [0.25, 0.3) is 0 Å². The highest BCUT2D eigenvalue weighted by Crippen LogP contribution is 2.56. The number of rotatable bonds is 6. The molecule has 1 fully saturated rings. The first-order valence-electron chi connectivity index (χ1n) is 13.1.